The lowest BCUT2D eigenvalue weighted by Gasteiger charge is -2.38. The minimum atomic E-state index is -0.266. The van der Waals surface area contributed by atoms with Crippen LogP contribution in [-0.2, 0) is 16.0 Å². The van der Waals surface area contributed by atoms with Crippen molar-refractivity contribution in [3.63, 3.8) is 0 Å². The average Bonchev–Trinajstić information content (AvgIpc) is 3.01. The van der Waals surface area contributed by atoms with Crippen LogP contribution in [0.4, 0.5) is 0 Å². The zero-order valence-electron chi connectivity index (χ0n) is 12.8. The van der Waals surface area contributed by atoms with Gasteiger partial charge < -0.3 is 9.64 Å². The largest absolute Gasteiger partial charge is 0.372 e. The number of benzene rings is 1. The Balaban J connectivity index is 1.64. The Morgan fingerprint density at radius 3 is 2.73 bits per heavy atom. The van der Waals surface area contributed by atoms with Gasteiger partial charge in [0.1, 0.15) is 6.33 Å². The van der Waals surface area contributed by atoms with E-state index in [-0.39, 0.29) is 11.5 Å². The van der Waals surface area contributed by atoms with E-state index in [4.69, 9.17) is 4.74 Å². The molecule has 1 fully saturated rings. The summed E-state index contributed by atoms with van der Waals surface area (Å²) < 4.78 is 7.22. The third kappa shape index (κ3) is 3.30. The number of nitrogens with zero attached hydrogens (tertiary/aromatic N) is 5. The van der Waals surface area contributed by atoms with Crippen LogP contribution in [0.1, 0.15) is 19.4 Å². The summed E-state index contributed by atoms with van der Waals surface area (Å²) >= 11 is 0. The topological polar surface area (TPSA) is 73.1 Å². The van der Waals surface area contributed by atoms with E-state index in [1.54, 1.807) is 4.68 Å². The van der Waals surface area contributed by atoms with E-state index < -0.39 is 0 Å². The second kappa shape index (κ2) is 5.84. The molecule has 0 N–H and O–H groups in total. The molecule has 0 unspecified atom stereocenters. The van der Waals surface area contributed by atoms with Crippen molar-refractivity contribution in [3.8, 4) is 5.69 Å². The van der Waals surface area contributed by atoms with Crippen LogP contribution in [0.3, 0.4) is 0 Å². The molecule has 0 spiro atoms. The van der Waals surface area contributed by atoms with Gasteiger partial charge in [0.25, 0.3) is 0 Å². The molecule has 7 nitrogen and oxygen atoms in total. The van der Waals surface area contributed by atoms with Crippen LogP contribution in [-0.4, -0.2) is 56.3 Å². The lowest BCUT2D eigenvalue weighted by atomic mass is 10.1. The fourth-order valence-corrected chi connectivity index (χ4v) is 2.56. The molecule has 0 atom stereocenters. The standard InChI is InChI=1S/C15H19N5O2/c1-15(2)10-19(7-8-22-15)14(21)9-12-3-5-13(6-4-12)20-11-16-17-18-20/h3-6,11H,7-10H2,1-2H3. The van der Waals surface area contributed by atoms with Gasteiger partial charge in [-0.05, 0) is 42.0 Å². The zero-order valence-corrected chi connectivity index (χ0v) is 12.8. The molecule has 0 bridgehead atoms. The van der Waals surface area contributed by atoms with Gasteiger partial charge in [0.2, 0.25) is 5.91 Å². The number of rotatable bonds is 3. The molecule has 0 radical (unpaired) electrons. The minimum Gasteiger partial charge on any atom is -0.372 e. The predicted octanol–water partition coefficient (Wildman–Crippen LogP) is 0.842. The van der Waals surface area contributed by atoms with E-state index in [1.807, 2.05) is 43.0 Å². The number of carbonyl (C=O) groups is 1. The van der Waals surface area contributed by atoms with Gasteiger partial charge in [-0.3, -0.25) is 4.79 Å². The van der Waals surface area contributed by atoms with Gasteiger partial charge in [0.15, 0.2) is 0 Å². The number of ether oxygens (including phenoxy) is 1. The van der Waals surface area contributed by atoms with Crippen LogP contribution in [0.2, 0.25) is 0 Å². The second-order valence-electron chi connectivity index (χ2n) is 6.02. The van der Waals surface area contributed by atoms with Gasteiger partial charge in [-0.25, -0.2) is 4.68 Å². The van der Waals surface area contributed by atoms with Gasteiger partial charge in [0.05, 0.1) is 24.3 Å². The van der Waals surface area contributed by atoms with E-state index in [2.05, 4.69) is 15.5 Å². The first-order valence-electron chi connectivity index (χ1n) is 7.28. The molecule has 1 saturated heterocycles. The van der Waals surface area contributed by atoms with Crippen molar-refractivity contribution < 1.29 is 9.53 Å². The van der Waals surface area contributed by atoms with Gasteiger partial charge >= 0.3 is 0 Å². The minimum absolute atomic E-state index is 0.131. The average molecular weight is 301 g/mol. The Labute approximate surface area is 128 Å². The molecule has 1 amide bonds. The first-order chi connectivity index (χ1) is 10.5. The molecule has 0 saturated carbocycles. The first-order valence-corrected chi connectivity index (χ1v) is 7.28. The number of morpholine rings is 1. The number of carbonyl (C=O) groups excluding carboxylic acids is 1. The lowest BCUT2D eigenvalue weighted by Crippen LogP contribution is -2.51. The molecule has 2 aromatic rings. The Morgan fingerprint density at radius 2 is 2.09 bits per heavy atom. The maximum Gasteiger partial charge on any atom is 0.227 e. The fraction of sp³-hybridized carbons (Fsp3) is 0.467. The molecule has 1 aliphatic rings. The molecular formula is C15H19N5O2. The molecule has 3 rings (SSSR count). The highest BCUT2D eigenvalue weighted by atomic mass is 16.5. The Morgan fingerprint density at radius 1 is 1.32 bits per heavy atom. The van der Waals surface area contributed by atoms with Crippen LogP contribution in [0.15, 0.2) is 30.6 Å². The Bertz CT molecular complexity index is 636. The number of aromatic nitrogens is 4. The van der Waals surface area contributed by atoms with Crippen molar-refractivity contribution in [3.05, 3.63) is 36.2 Å². The van der Waals surface area contributed by atoms with Crippen LogP contribution in [0, 0.1) is 0 Å². The summed E-state index contributed by atoms with van der Waals surface area (Å²) in [6, 6.07) is 7.67. The van der Waals surface area contributed by atoms with E-state index in [0.29, 0.717) is 26.1 Å². The van der Waals surface area contributed by atoms with Crippen LogP contribution < -0.4 is 0 Å². The third-order valence-electron chi connectivity index (χ3n) is 3.68. The van der Waals surface area contributed by atoms with Crippen LogP contribution >= 0.6 is 0 Å². The summed E-state index contributed by atoms with van der Waals surface area (Å²) in [7, 11) is 0. The zero-order chi connectivity index (χ0) is 15.6. The van der Waals surface area contributed by atoms with Crippen molar-refractivity contribution in [2.45, 2.75) is 25.9 Å². The van der Waals surface area contributed by atoms with Crippen molar-refractivity contribution in [2.24, 2.45) is 0 Å². The van der Waals surface area contributed by atoms with E-state index >= 15 is 0 Å². The van der Waals surface area contributed by atoms with Crippen molar-refractivity contribution in [2.75, 3.05) is 19.7 Å². The van der Waals surface area contributed by atoms with Gasteiger partial charge in [0, 0.05) is 13.1 Å². The summed E-state index contributed by atoms with van der Waals surface area (Å²) in [5.74, 6) is 0.131. The maximum absolute atomic E-state index is 12.4. The molecular weight excluding hydrogens is 282 g/mol. The van der Waals surface area contributed by atoms with Crippen LogP contribution in [0.5, 0.6) is 0 Å². The Kier molecular flexibility index (Phi) is 3.89. The van der Waals surface area contributed by atoms with E-state index in [0.717, 1.165) is 11.3 Å². The SMILES string of the molecule is CC1(C)CN(C(=O)Cc2ccc(-n3cnnn3)cc2)CCO1. The summed E-state index contributed by atoms with van der Waals surface area (Å²) in [4.78, 5) is 14.3. The monoisotopic (exact) mass is 301 g/mol. The number of hydrogen-bond donors (Lipinski definition) is 0. The summed E-state index contributed by atoms with van der Waals surface area (Å²) in [6.45, 7) is 5.90. The highest BCUT2D eigenvalue weighted by molar-refractivity contribution is 5.79. The summed E-state index contributed by atoms with van der Waals surface area (Å²) in [6.07, 6.45) is 1.93. The second-order valence-corrected chi connectivity index (χ2v) is 6.02. The highest BCUT2D eigenvalue weighted by Crippen LogP contribution is 2.17. The smallest absolute Gasteiger partial charge is 0.227 e. The molecule has 2 heterocycles. The molecule has 1 aromatic heterocycles. The number of amides is 1. The number of hydrogen-bond acceptors (Lipinski definition) is 5. The molecule has 116 valence electrons. The third-order valence-corrected chi connectivity index (χ3v) is 3.68. The molecule has 22 heavy (non-hydrogen) atoms. The van der Waals surface area contributed by atoms with Crippen LogP contribution in [0.25, 0.3) is 5.69 Å². The Hall–Kier alpha value is -2.28. The van der Waals surface area contributed by atoms with Gasteiger partial charge in [-0.2, -0.15) is 0 Å². The highest BCUT2D eigenvalue weighted by Gasteiger charge is 2.29. The fourth-order valence-electron chi connectivity index (χ4n) is 2.56. The normalized spacial score (nSPS) is 17.5. The molecule has 7 heteroatoms. The molecule has 0 aliphatic carbocycles. The molecule has 1 aliphatic heterocycles. The predicted molar refractivity (Wildman–Crippen MR) is 79.5 cm³/mol. The quantitative estimate of drug-likeness (QED) is 0.840. The van der Waals surface area contributed by atoms with E-state index in [9.17, 15) is 4.79 Å². The van der Waals surface area contributed by atoms with Crippen molar-refractivity contribution in [1.29, 1.82) is 0 Å². The van der Waals surface area contributed by atoms with E-state index in [1.165, 1.54) is 6.33 Å². The van der Waals surface area contributed by atoms with Crippen molar-refractivity contribution in [1.82, 2.24) is 25.1 Å². The van der Waals surface area contributed by atoms with Gasteiger partial charge in [-0.15, -0.1) is 5.10 Å². The summed E-state index contributed by atoms with van der Waals surface area (Å²) in [5.41, 5.74) is 1.58. The van der Waals surface area contributed by atoms with Gasteiger partial charge in [-0.1, -0.05) is 12.1 Å². The summed E-state index contributed by atoms with van der Waals surface area (Å²) in [5, 5.41) is 11.0. The maximum atomic E-state index is 12.4. The molecule has 1 aromatic carbocycles. The lowest BCUT2D eigenvalue weighted by molar-refractivity contribution is -0.145. The number of tetrazole rings is 1. The van der Waals surface area contributed by atoms with Crippen molar-refractivity contribution >= 4 is 5.91 Å². The first kappa shape index (κ1) is 14.6.